The second-order valence-corrected chi connectivity index (χ2v) is 4.38. The van der Waals surface area contributed by atoms with E-state index in [0.29, 0.717) is 12.8 Å². The summed E-state index contributed by atoms with van der Waals surface area (Å²) in [5.41, 5.74) is -1.76. The average molecular weight is 205 g/mol. The molecule has 0 unspecified atom stereocenters. The highest BCUT2D eigenvalue weighted by molar-refractivity contribution is 5.20. The molecule has 0 aliphatic heterocycles. The van der Waals surface area contributed by atoms with Crippen molar-refractivity contribution in [2.24, 2.45) is 5.41 Å². The number of hydrogen-bond acceptors (Lipinski definition) is 2. The fraction of sp³-hybridized carbons (Fsp3) is 0.615. The van der Waals surface area contributed by atoms with Crippen LogP contribution in [-0.2, 0) is 0 Å². The molecule has 2 nitrogen and oxygen atoms in total. The maximum Gasteiger partial charge on any atom is 0.101 e. The second-order valence-electron chi connectivity index (χ2n) is 4.38. The molecule has 1 rings (SSSR count). The number of rotatable bonds is 3. The Labute approximate surface area is 91.9 Å². The lowest BCUT2D eigenvalue weighted by Gasteiger charge is -2.39. The number of nitrogens with zero attached hydrogens (tertiary/aromatic N) is 1. The highest BCUT2D eigenvalue weighted by atomic mass is 16.3. The topological polar surface area (TPSA) is 44.0 Å². The van der Waals surface area contributed by atoms with Crippen LogP contribution < -0.4 is 0 Å². The molecule has 2 heteroatoms. The van der Waals surface area contributed by atoms with Crippen LogP contribution in [0.4, 0.5) is 0 Å². The smallest absolute Gasteiger partial charge is 0.101 e. The monoisotopic (exact) mass is 205 g/mol. The van der Waals surface area contributed by atoms with Crippen molar-refractivity contribution < 1.29 is 5.11 Å². The van der Waals surface area contributed by atoms with E-state index >= 15 is 0 Å². The Kier molecular flexibility index (Phi) is 3.71. The van der Waals surface area contributed by atoms with Gasteiger partial charge < -0.3 is 5.11 Å². The zero-order valence-corrected chi connectivity index (χ0v) is 9.21. The minimum absolute atomic E-state index is 0.534. The number of aliphatic hydroxyl groups is 1. The van der Waals surface area contributed by atoms with E-state index in [9.17, 15) is 10.4 Å². The van der Waals surface area contributed by atoms with Gasteiger partial charge in [-0.05, 0) is 19.3 Å². The zero-order chi connectivity index (χ0) is 11.4. The van der Waals surface area contributed by atoms with Crippen LogP contribution in [0.1, 0.15) is 38.5 Å². The summed E-state index contributed by atoms with van der Waals surface area (Å²) >= 11 is 0. The second kappa shape index (κ2) is 4.63. The number of nitriles is 1. The van der Waals surface area contributed by atoms with Crippen LogP contribution in [0.25, 0.3) is 0 Å². The minimum Gasteiger partial charge on any atom is -0.384 e. The molecule has 0 spiro atoms. The average Bonchev–Trinajstić information content (AvgIpc) is 2.41. The summed E-state index contributed by atoms with van der Waals surface area (Å²) in [5, 5.41) is 19.9. The summed E-state index contributed by atoms with van der Waals surface area (Å²) < 4.78 is 0. The first-order chi connectivity index (χ1) is 7.14. The van der Waals surface area contributed by atoms with E-state index in [2.05, 4.69) is 19.2 Å². The Morgan fingerprint density at radius 3 is 2.47 bits per heavy atom. The largest absolute Gasteiger partial charge is 0.384 e. The lowest BCUT2D eigenvalue weighted by Crippen LogP contribution is -2.44. The molecule has 0 saturated heterocycles. The van der Waals surface area contributed by atoms with Crippen LogP contribution >= 0.6 is 0 Å². The zero-order valence-electron chi connectivity index (χ0n) is 9.21. The summed E-state index contributed by atoms with van der Waals surface area (Å²) in [4.78, 5) is 0. The van der Waals surface area contributed by atoms with Gasteiger partial charge in [0, 0.05) is 0 Å². The molecule has 15 heavy (non-hydrogen) atoms. The standard InChI is InChI=1S/C13H19NO/c1-3-8-12(11-14)9-6-5-7-10-13(12,15)4-2/h3-4,15H,1-2,5-10H2/t12-,13-/m0/s1. The van der Waals surface area contributed by atoms with Gasteiger partial charge in [-0.2, -0.15) is 5.26 Å². The predicted molar refractivity (Wildman–Crippen MR) is 61.1 cm³/mol. The van der Waals surface area contributed by atoms with Crippen molar-refractivity contribution in [3.8, 4) is 6.07 Å². The lowest BCUT2D eigenvalue weighted by molar-refractivity contribution is -0.0163. The van der Waals surface area contributed by atoms with Crippen LogP contribution in [0.5, 0.6) is 0 Å². The first kappa shape index (κ1) is 12.0. The molecule has 0 heterocycles. The highest BCUT2D eigenvalue weighted by Gasteiger charge is 2.48. The van der Waals surface area contributed by atoms with E-state index in [1.54, 1.807) is 12.2 Å². The van der Waals surface area contributed by atoms with E-state index in [1.807, 2.05) is 0 Å². The molecule has 0 aromatic heterocycles. The molecule has 1 aliphatic carbocycles. The van der Waals surface area contributed by atoms with Gasteiger partial charge in [0.1, 0.15) is 5.60 Å². The van der Waals surface area contributed by atoms with Crippen molar-refractivity contribution >= 4 is 0 Å². The summed E-state index contributed by atoms with van der Waals surface area (Å²) in [5.74, 6) is 0. The maximum absolute atomic E-state index is 10.5. The van der Waals surface area contributed by atoms with Gasteiger partial charge in [0.05, 0.1) is 11.5 Å². The van der Waals surface area contributed by atoms with Crippen LogP contribution in [0, 0.1) is 16.7 Å². The molecule has 82 valence electrons. The molecule has 1 N–H and O–H groups in total. The van der Waals surface area contributed by atoms with Gasteiger partial charge in [-0.3, -0.25) is 0 Å². The molecule has 0 amide bonds. The van der Waals surface area contributed by atoms with Crippen molar-refractivity contribution in [1.29, 1.82) is 5.26 Å². The molecule has 0 bridgehead atoms. The number of hydrogen-bond donors (Lipinski definition) is 1. The van der Waals surface area contributed by atoms with Gasteiger partial charge in [0.2, 0.25) is 0 Å². The van der Waals surface area contributed by atoms with Gasteiger partial charge >= 0.3 is 0 Å². The van der Waals surface area contributed by atoms with E-state index < -0.39 is 11.0 Å². The molecule has 1 aliphatic rings. The Balaban J connectivity index is 3.11. The van der Waals surface area contributed by atoms with E-state index in [0.717, 1.165) is 25.7 Å². The predicted octanol–water partition coefficient (Wildman–Crippen LogP) is 2.95. The SMILES string of the molecule is C=CC[C@@]1(C#N)CCCCC[C@@]1(O)C=C. The summed E-state index contributed by atoms with van der Waals surface area (Å²) in [6, 6.07) is 2.31. The van der Waals surface area contributed by atoms with E-state index in [4.69, 9.17) is 0 Å². The van der Waals surface area contributed by atoms with Gasteiger partial charge in [0.25, 0.3) is 0 Å². The highest BCUT2D eigenvalue weighted by Crippen LogP contribution is 2.46. The first-order valence-corrected chi connectivity index (χ1v) is 5.52. The van der Waals surface area contributed by atoms with Crippen molar-refractivity contribution in [2.45, 2.75) is 44.1 Å². The molecular weight excluding hydrogens is 186 g/mol. The summed E-state index contributed by atoms with van der Waals surface area (Å²) in [6.45, 7) is 7.37. The summed E-state index contributed by atoms with van der Waals surface area (Å²) in [7, 11) is 0. The summed E-state index contributed by atoms with van der Waals surface area (Å²) in [6.07, 6.45) is 8.22. The quantitative estimate of drug-likeness (QED) is 0.568. The van der Waals surface area contributed by atoms with Crippen LogP contribution in [0.3, 0.4) is 0 Å². The Morgan fingerprint density at radius 2 is 1.93 bits per heavy atom. The molecular formula is C13H19NO. The molecule has 1 fully saturated rings. The fourth-order valence-corrected chi connectivity index (χ4v) is 2.47. The van der Waals surface area contributed by atoms with E-state index in [1.165, 1.54) is 0 Å². The van der Waals surface area contributed by atoms with Gasteiger partial charge in [-0.15, -0.1) is 13.2 Å². The molecule has 2 atom stereocenters. The van der Waals surface area contributed by atoms with Gasteiger partial charge in [-0.25, -0.2) is 0 Å². The Bertz CT molecular complexity index is 291. The fourth-order valence-electron chi connectivity index (χ4n) is 2.47. The third kappa shape index (κ3) is 1.98. The van der Waals surface area contributed by atoms with Crippen LogP contribution in [0.15, 0.2) is 25.3 Å². The van der Waals surface area contributed by atoms with E-state index in [-0.39, 0.29) is 0 Å². The first-order valence-electron chi connectivity index (χ1n) is 5.52. The third-order valence-corrected chi connectivity index (χ3v) is 3.53. The van der Waals surface area contributed by atoms with Crippen molar-refractivity contribution in [3.63, 3.8) is 0 Å². The lowest BCUT2D eigenvalue weighted by atomic mass is 9.67. The third-order valence-electron chi connectivity index (χ3n) is 3.53. The molecule has 0 radical (unpaired) electrons. The van der Waals surface area contributed by atoms with Gasteiger partial charge in [0.15, 0.2) is 0 Å². The van der Waals surface area contributed by atoms with Gasteiger partial charge in [-0.1, -0.05) is 31.4 Å². The Hall–Kier alpha value is -1.07. The van der Waals surface area contributed by atoms with Crippen LogP contribution in [-0.4, -0.2) is 10.7 Å². The maximum atomic E-state index is 10.5. The van der Waals surface area contributed by atoms with Crippen molar-refractivity contribution in [3.05, 3.63) is 25.3 Å². The normalized spacial score (nSPS) is 36.3. The van der Waals surface area contributed by atoms with Crippen molar-refractivity contribution in [2.75, 3.05) is 0 Å². The van der Waals surface area contributed by atoms with Crippen LogP contribution in [0.2, 0.25) is 0 Å². The molecule has 1 saturated carbocycles. The molecule has 0 aromatic rings. The van der Waals surface area contributed by atoms with Crippen molar-refractivity contribution in [1.82, 2.24) is 0 Å². The molecule has 0 aromatic carbocycles. The Morgan fingerprint density at radius 1 is 1.27 bits per heavy atom. The minimum atomic E-state index is -1.05. The number of allylic oxidation sites excluding steroid dienone is 1.